The van der Waals surface area contributed by atoms with E-state index in [9.17, 15) is 4.79 Å². The first-order valence-electron chi connectivity index (χ1n) is 8.24. The molecule has 7 heteroatoms. The molecule has 0 radical (unpaired) electrons. The normalized spacial score (nSPS) is 20.6. The smallest absolute Gasteiger partial charge is 0.248 e. The fourth-order valence-electron chi connectivity index (χ4n) is 3.04. The number of nitrogens with zero attached hydrogens (tertiary/aromatic N) is 3. The Morgan fingerprint density at radius 3 is 2.92 bits per heavy atom. The van der Waals surface area contributed by atoms with Gasteiger partial charge in [-0.2, -0.15) is 5.10 Å². The van der Waals surface area contributed by atoms with Gasteiger partial charge in [0.25, 0.3) is 0 Å². The first-order valence-corrected chi connectivity index (χ1v) is 8.24. The van der Waals surface area contributed by atoms with Gasteiger partial charge in [-0.1, -0.05) is 48.6 Å². The Labute approximate surface area is 150 Å². The third-order valence-electron chi connectivity index (χ3n) is 4.35. The zero-order valence-corrected chi connectivity index (χ0v) is 13.9. The number of ether oxygens (including phenoxy) is 1. The maximum absolute atomic E-state index is 11.6. The van der Waals surface area contributed by atoms with Gasteiger partial charge in [0.1, 0.15) is 11.9 Å². The summed E-state index contributed by atoms with van der Waals surface area (Å²) >= 11 is 0. The van der Waals surface area contributed by atoms with Gasteiger partial charge in [0.15, 0.2) is 5.82 Å². The number of rotatable bonds is 5. The van der Waals surface area contributed by atoms with Gasteiger partial charge in [0.05, 0.1) is 23.9 Å². The van der Waals surface area contributed by atoms with Crippen LogP contribution in [0.1, 0.15) is 11.4 Å². The van der Waals surface area contributed by atoms with Gasteiger partial charge in [-0.3, -0.25) is 4.79 Å². The van der Waals surface area contributed by atoms with Gasteiger partial charge in [0.2, 0.25) is 5.91 Å². The lowest BCUT2D eigenvalue weighted by molar-refractivity contribution is -0.115. The fourth-order valence-corrected chi connectivity index (χ4v) is 3.04. The summed E-state index contributed by atoms with van der Waals surface area (Å²) in [7, 11) is 0. The van der Waals surface area contributed by atoms with Crippen molar-refractivity contribution in [3.63, 3.8) is 0 Å². The molecule has 4 rings (SSSR count). The molecule has 7 nitrogen and oxygen atoms in total. The Bertz CT molecular complexity index is 921. The number of anilines is 1. The number of primary amides is 1. The first-order chi connectivity index (χ1) is 12.7. The molecule has 0 fully saturated rings. The molecule has 0 spiro atoms. The first kappa shape index (κ1) is 16.0. The molecule has 2 unspecified atom stereocenters. The second kappa shape index (κ2) is 6.79. The number of nitrogens with two attached hydrogens (primary N) is 1. The van der Waals surface area contributed by atoms with Crippen molar-refractivity contribution in [1.82, 2.24) is 15.2 Å². The van der Waals surface area contributed by atoms with E-state index in [1.807, 2.05) is 36.4 Å². The molecule has 0 bridgehead atoms. The van der Waals surface area contributed by atoms with E-state index in [1.54, 1.807) is 24.6 Å². The molecule has 0 saturated heterocycles. The van der Waals surface area contributed by atoms with Crippen LogP contribution in [0, 0.1) is 5.92 Å². The zero-order valence-electron chi connectivity index (χ0n) is 13.9. The molecule has 1 aliphatic heterocycles. The average Bonchev–Trinajstić information content (AvgIpc) is 3.11. The molecule has 2 atom stereocenters. The summed E-state index contributed by atoms with van der Waals surface area (Å²) in [5.41, 5.74) is 7.78. The number of amides is 1. The van der Waals surface area contributed by atoms with Crippen LogP contribution in [0.4, 0.5) is 5.82 Å². The summed E-state index contributed by atoms with van der Waals surface area (Å²) in [5, 5.41) is 11.4. The predicted octanol–water partition coefficient (Wildman–Crippen LogP) is 1.82. The number of benzene rings is 1. The highest BCUT2D eigenvalue weighted by Gasteiger charge is 2.38. The summed E-state index contributed by atoms with van der Waals surface area (Å²) in [6, 6.07) is 10.0. The molecular weight excluding hydrogens is 330 g/mol. The number of hydrogen-bond donors (Lipinski definition) is 2. The van der Waals surface area contributed by atoms with Crippen molar-refractivity contribution in [1.29, 1.82) is 0 Å². The van der Waals surface area contributed by atoms with E-state index in [1.165, 1.54) is 0 Å². The summed E-state index contributed by atoms with van der Waals surface area (Å²) in [4.78, 5) is 16.1. The number of aromatic nitrogens is 3. The number of nitrogens with one attached hydrogen (secondary N) is 1. The maximum atomic E-state index is 11.6. The zero-order chi connectivity index (χ0) is 17.9. The quantitative estimate of drug-likeness (QED) is 0.855. The molecule has 3 N–H and O–H groups in total. The molecular formula is C19H17N5O2. The van der Waals surface area contributed by atoms with E-state index < -0.39 is 12.0 Å². The van der Waals surface area contributed by atoms with Crippen molar-refractivity contribution in [3.8, 4) is 0 Å². The van der Waals surface area contributed by atoms with E-state index in [0.717, 1.165) is 11.1 Å². The van der Waals surface area contributed by atoms with Gasteiger partial charge < -0.3 is 15.8 Å². The molecule has 1 aromatic heterocycles. The van der Waals surface area contributed by atoms with Gasteiger partial charge in [-0.05, 0) is 5.56 Å². The second-order valence-corrected chi connectivity index (χ2v) is 6.03. The highest BCUT2D eigenvalue weighted by atomic mass is 16.5. The van der Waals surface area contributed by atoms with E-state index in [2.05, 4.69) is 20.5 Å². The highest BCUT2D eigenvalue weighted by molar-refractivity contribution is 5.94. The second-order valence-electron chi connectivity index (χ2n) is 6.03. The van der Waals surface area contributed by atoms with Crippen LogP contribution in [0.3, 0.4) is 0 Å². The van der Waals surface area contributed by atoms with Crippen molar-refractivity contribution in [3.05, 3.63) is 78.0 Å². The molecule has 1 aliphatic carbocycles. The van der Waals surface area contributed by atoms with Crippen LogP contribution in [0.15, 0.2) is 66.6 Å². The number of carbonyl (C=O) groups is 1. The maximum Gasteiger partial charge on any atom is 0.248 e. The van der Waals surface area contributed by atoms with Crippen LogP contribution in [-0.2, 0) is 16.1 Å². The Balaban J connectivity index is 1.51. The standard InChI is InChI=1S/C19H17N5O2/c20-18(25)14-8-4-7-13-15(11-26-17(13)14)19-23-16(10-22-24-19)21-9-12-5-2-1-3-6-12/h1-8,10-11,13,17H,9H2,(H2,20,25)(H,21,23,24). The summed E-state index contributed by atoms with van der Waals surface area (Å²) in [5.74, 6) is 0.435. The molecule has 2 aromatic rings. The molecule has 1 aromatic carbocycles. The minimum absolute atomic E-state index is 0.159. The van der Waals surface area contributed by atoms with E-state index >= 15 is 0 Å². The topological polar surface area (TPSA) is 103 Å². The fraction of sp³-hybridized carbons (Fsp3) is 0.158. The lowest BCUT2D eigenvalue weighted by atomic mass is 9.86. The van der Waals surface area contributed by atoms with Crippen LogP contribution in [0.5, 0.6) is 0 Å². The van der Waals surface area contributed by atoms with Crippen molar-refractivity contribution in [2.45, 2.75) is 12.6 Å². The Hall–Kier alpha value is -3.48. The van der Waals surface area contributed by atoms with Crippen molar-refractivity contribution in [2.24, 2.45) is 11.7 Å². The van der Waals surface area contributed by atoms with Crippen molar-refractivity contribution < 1.29 is 9.53 Å². The summed E-state index contributed by atoms with van der Waals surface area (Å²) < 4.78 is 5.66. The van der Waals surface area contributed by atoms with Gasteiger partial charge in [0, 0.05) is 12.1 Å². The summed E-state index contributed by atoms with van der Waals surface area (Å²) in [6.45, 7) is 0.634. The molecule has 2 heterocycles. The van der Waals surface area contributed by atoms with E-state index in [-0.39, 0.29) is 5.92 Å². The number of hydrogen-bond acceptors (Lipinski definition) is 6. The number of fused-ring (bicyclic) bond motifs is 1. The third-order valence-corrected chi connectivity index (χ3v) is 4.35. The third kappa shape index (κ3) is 3.06. The minimum atomic E-state index is -0.490. The molecule has 130 valence electrons. The molecule has 1 amide bonds. The van der Waals surface area contributed by atoms with Gasteiger partial charge in [-0.25, -0.2) is 4.98 Å². The van der Waals surface area contributed by atoms with Crippen molar-refractivity contribution in [2.75, 3.05) is 5.32 Å². The van der Waals surface area contributed by atoms with E-state index in [0.29, 0.717) is 23.8 Å². The molecule has 26 heavy (non-hydrogen) atoms. The van der Waals surface area contributed by atoms with Gasteiger partial charge >= 0.3 is 0 Å². The van der Waals surface area contributed by atoms with E-state index in [4.69, 9.17) is 10.5 Å². The lowest BCUT2D eigenvalue weighted by Crippen LogP contribution is -2.30. The lowest BCUT2D eigenvalue weighted by Gasteiger charge is -2.21. The Morgan fingerprint density at radius 2 is 2.12 bits per heavy atom. The van der Waals surface area contributed by atoms with Gasteiger partial charge in [-0.15, -0.1) is 5.10 Å². The van der Waals surface area contributed by atoms with Crippen LogP contribution in [-0.4, -0.2) is 27.2 Å². The Morgan fingerprint density at radius 1 is 1.27 bits per heavy atom. The largest absolute Gasteiger partial charge is 0.492 e. The minimum Gasteiger partial charge on any atom is -0.492 e. The SMILES string of the molecule is NC(=O)C1=CC=CC2C(c3nncc(NCc4ccccc4)n3)=COC12. The van der Waals surface area contributed by atoms with Crippen LogP contribution in [0.25, 0.3) is 5.57 Å². The Kier molecular flexibility index (Phi) is 4.18. The predicted molar refractivity (Wildman–Crippen MR) is 96.4 cm³/mol. The molecule has 0 saturated carbocycles. The monoisotopic (exact) mass is 347 g/mol. The van der Waals surface area contributed by atoms with Crippen molar-refractivity contribution >= 4 is 17.3 Å². The number of carbonyl (C=O) groups excluding carboxylic acids is 1. The van der Waals surface area contributed by atoms with Crippen LogP contribution >= 0.6 is 0 Å². The number of allylic oxidation sites excluding steroid dienone is 2. The average molecular weight is 347 g/mol. The highest BCUT2D eigenvalue weighted by Crippen LogP contribution is 2.38. The van der Waals surface area contributed by atoms with Crippen LogP contribution in [0.2, 0.25) is 0 Å². The molecule has 2 aliphatic rings. The van der Waals surface area contributed by atoms with Crippen LogP contribution < -0.4 is 11.1 Å². The summed E-state index contributed by atoms with van der Waals surface area (Å²) in [6.07, 6.45) is 8.15.